The number of amides is 1. The summed E-state index contributed by atoms with van der Waals surface area (Å²) in [4.78, 5) is 12.3. The highest BCUT2D eigenvalue weighted by Crippen LogP contribution is 2.16. The fourth-order valence-electron chi connectivity index (χ4n) is 6.89. The molecule has 0 saturated carbocycles. The van der Waals surface area contributed by atoms with Crippen molar-refractivity contribution in [3.63, 3.8) is 0 Å². The fraction of sp³-hybridized carbons (Fsp3) is 0.932. The smallest absolute Gasteiger partial charge is 0.220 e. The van der Waals surface area contributed by atoms with Crippen molar-refractivity contribution in [1.82, 2.24) is 5.32 Å². The van der Waals surface area contributed by atoms with Gasteiger partial charge in [-0.3, -0.25) is 4.79 Å². The molecule has 286 valence electrons. The minimum Gasteiger partial charge on any atom is -0.394 e. The molecule has 4 heteroatoms. The predicted octanol–water partition coefficient (Wildman–Crippen LogP) is 13.5. The van der Waals surface area contributed by atoms with Gasteiger partial charge in [0.05, 0.1) is 18.8 Å². The number of unbranched alkanes of at least 4 members (excludes halogenated alkanes) is 33. The molecule has 0 aliphatic heterocycles. The van der Waals surface area contributed by atoms with E-state index in [1.165, 1.54) is 199 Å². The molecule has 0 heterocycles. The molecule has 2 unspecified atom stereocenters. The summed E-state index contributed by atoms with van der Waals surface area (Å²) in [6.45, 7) is 4.30. The standard InChI is InChI=1S/C44H87NO3/c1-3-5-7-9-11-13-15-16-17-18-19-20-21-22-23-24-25-26-27-28-29-30-32-34-36-38-40-44(48)45-42(41-46)43(47)39-37-35-33-31-14-12-10-8-6-4-2/h37,39,42-43,46-47H,3-36,38,40-41H2,1-2H3,(H,45,48)/b39-37+. The van der Waals surface area contributed by atoms with Crippen LogP contribution in [-0.4, -0.2) is 34.9 Å². The number of aliphatic hydroxyl groups is 2. The molecular formula is C44H87NO3. The molecule has 0 aromatic carbocycles. The Morgan fingerprint density at radius 2 is 0.771 bits per heavy atom. The molecule has 0 aliphatic carbocycles. The number of hydrogen-bond acceptors (Lipinski definition) is 3. The molecule has 3 N–H and O–H groups in total. The first kappa shape index (κ1) is 47.1. The van der Waals surface area contributed by atoms with Gasteiger partial charge in [-0.2, -0.15) is 0 Å². The van der Waals surface area contributed by atoms with E-state index in [1.807, 2.05) is 6.08 Å². The van der Waals surface area contributed by atoms with Gasteiger partial charge in [0.25, 0.3) is 0 Å². The maximum absolute atomic E-state index is 12.3. The van der Waals surface area contributed by atoms with Gasteiger partial charge in [-0.15, -0.1) is 0 Å². The third-order valence-electron chi connectivity index (χ3n) is 10.3. The minimum atomic E-state index is -0.832. The Hall–Kier alpha value is -0.870. The maximum atomic E-state index is 12.3. The Morgan fingerprint density at radius 3 is 1.08 bits per heavy atom. The lowest BCUT2D eigenvalue weighted by Gasteiger charge is -2.20. The summed E-state index contributed by atoms with van der Waals surface area (Å²) < 4.78 is 0. The van der Waals surface area contributed by atoms with Crippen molar-refractivity contribution >= 4 is 5.91 Å². The van der Waals surface area contributed by atoms with Gasteiger partial charge < -0.3 is 15.5 Å². The topological polar surface area (TPSA) is 69.6 Å². The molecule has 4 nitrogen and oxygen atoms in total. The van der Waals surface area contributed by atoms with Crippen molar-refractivity contribution in [1.29, 1.82) is 0 Å². The van der Waals surface area contributed by atoms with Crippen molar-refractivity contribution in [2.45, 2.75) is 257 Å². The van der Waals surface area contributed by atoms with Crippen LogP contribution in [-0.2, 0) is 4.79 Å². The number of nitrogens with one attached hydrogen (secondary N) is 1. The maximum Gasteiger partial charge on any atom is 0.220 e. The zero-order valence-electron chi connectivity index (χ0n) is 32.8. The number of allylic oxidation sites excluding steroid dienone is 1. The van der Waals surface area contributed by atoms with E-state index in [4.69, 9.17) is 0 Å². The third-order valence-corrected chi connectivity index (χ3v) is 10.3. The lowest BCUT2D eigenvalue weighted by Crippen LogP contribution is -2.45. The van der Waals surface area contributed by atoms with E-state index in [1.54, 1.807) is 6.08 Å². The minimum absolute atomic E-state index is 0.0612. The van der Waals surface area contributed by atoms with Gasteiger partial charge in [-0.05, 0) is 19.3 Å². The van der Waals surface area contributed by atoms with Gasteiger partial charge in [0.1, 0.15) is 0 Å². The van der Waals surface area contributed by atoms with E-state index < -0.39 is 12.1 Å². The second-order valence-electron chi connectivity index (χ2n) is 15.1. The van der Waals surface area contributed by atoms with Gasteiger partial charge in [-0.25, -0.2) is 0 Å². The molecule has 2 atom stereocenters. The van der Waals surface area contributed by atoms with Crippen LogP contribution in [0, 0.1) is 0 Å². The van der Waals surface area contributed by atoms with Gasteiger partial charge in [0.2, 0.25) is 5.91 Å². The summed E-state index contributed by atoms with van der Waals surface area (Å²) >= 11 is 0. The highest BCUT2D eigenvalue weighted by Gasteiger charge is 2.17. The molecule has 0 bridgehead atoms. The molecule has 0 aromatic heterocycles. The van der Waals surface area contributed by atoms with Crippen molar-refractivity contribution in [3.05, 3.63) is 12.2 Å². The zero-order valence-corrected chi connectivity index (χ0v) is 32.8. The van der Waals surface area contributed by atoms with Crippen LogP contribution in [0.3, 0.4) is 0 Å². The van der Waals surface area contributed by atoms with Crippen LogP contribution in [0.1, 0.15) is 245 Å². The second kappa shape index (κ2) is 40.6. The quantitative estimate of drug-likeness (QED) is 0.0446. The van der Waals surface area contributed by atoms with Crippen molar-refractivity contribution in [2.75, 3.05) is 6.61 Å². The van der Waals surface area contributed by atoms with E-state index in [0.717, 1.165) is 25.7 Å². The van der Waals surface area contributed by atoms with Crippen LogP contribution in [0.2, 0.25) is 0 Å². The summed E-state index contributed by atoms with van der Waals surface area (Å²) in [5.74, 6) is -0.0612. The number of aliphatic hydroxyl groups excluding tert-OH is 2. The molecule has 0 aromatic rings. The largest absolute Gasteiger partial charge is 0.394 e. The number of carbonyl (C=O) groups is 1. The monoisotopic (exact) mass is 678 g/mol. The van der Waals surface area contributed by atoms with Crippen LogP contribution in [0.15, 0.2) is 12.2 Å². The number of carbonyl (C=O) groups excluding carboxylic acids is 1. The Labute approximate surface area is 301 Å². The van der Waals surface area contributed by atoms with Crippen molar-refractivity contribution < 1.29 is 15.0 Å². The van der Waals surface area contributed by atoms with Crippen molar-refractivity contribution in [3.8, 4) is 0 Å². The average Bonchev–Trinajstić information content (AvgIpc) is 3.09. The average molecular weight is 678 g/mol. The van der Waals surface area contributed by atoms with E-state index in [-0.39, 0.29) is 12.5 Å². The van der Waals surface area contributed by atoms with E-state index in [2.05, 4.69) is 19.2 Å². The third kappa shape index (κ3) is 36.4. The lowest BCUT2D eigenvalue weighted by molar-refractivity contribution is -0.123. The highest BCUT2D eigenvalue weighted by atomic mass is 16.3. The summed E-state index contributed by atoms with van der Waals surface area (Å²) in [6.07, 6.45) is 50.5. The SMILES string of the molecule is CCCCCCCCCC/C=C/C(O)C(CO)NC(=O)CCCCCCCCCCCCCCCCCCCCCCCCCCCC. The van der Waals surface area contributed by atoms with Crippen LogP contribution in [0.25, 0.3) is 0 Å². The molecule has 48 heavy (non-hydrogen) atoms. The Balaban J connectivity index is 3.42. The highest BCUT2D eigenvalue weighted by molar-refractivity contribution is 5.76. The first-order valence-corrected chi connectivity index (χ1v) is 21.9. The van der Waals surface area contributed by atoms with Crippen LogP contribution in [0.4, 0.5) is 0 Å². The summed E-state index contributed by atoms with van der Waals surface area (Å²) in [6, 6.07) is -0.614. The van der Waals surface area contributed by atoms with Crippen molar-refractivity contribution in [2.24, 2.45) is 0 Å². The molecule has 0 aliphatic rings. The molecule has 0 saturated heterocycles. The normalized spacial score (nSPS) is 13.0. The van der Waals surface area contributed by atoms with Crippen LogP contribution >= 0.6 is 0 Å². The number of rotatable bonds is 40. The molecule has 0 rings (SSSR count). The molecule has 0 fully saturated rings. The van der Waals surface area contributed by atoms with E-state index >= 15 is 0 Å². The number of hydrogen-bond donors (Lipinski definition) is 3. The van der Waals surface area contributed by atoms with Gasteiger partial charge in [0, 0.05) is 6.42 Å². The second-order valence-corrected chi connectivity index (χ2v) is 15.1. The van der Waals surface area contributed by atoms with Crippen LogP contribution in [0.5, 0.6) is 0 Å². The Morgan fingerprint density at radius 1 is 0.479 bits per heavy atom. The first-order chi connectivity index (χ1) is 23.7. The Bertz CT molecular complexity index is 651. The molecule has 1 amide bonds. The predicted molar refractivity (Wildman–Crippen MR) is 212 cm³/mol. The van der Waals surface area contributed by atoms with E-state index in [9.17, 15) is 15.0 Å². The van der Waals surface area contributed by atoms with E-state index in [0.29, 0.717) is 6.42 Å². The Kier molecular flexibility index (Phi) is 39.8. The summed E-state index contributed by atoms with van der Waals surface area (Å²) in [5.41, 5.74) is 0. The van der Waals surface area contributed by atoms with Gasteiger partial charge in [-0.1, -0.05) is 231 Å². The molecule has 0 spiro atoms. The molecular weight excluding hydrogens is 590 g/mol. The summed E-state index contributed by atoms with van der Waals surface area (Å²) in [5, 5.41) is 22.9. The first-order valence-electron chi connectivity index (χ1n) is 21.9. The van der Waals surface area contributed by atoms with Crippen LogP contribution < -0.4 is 5.32 Å². The fourth-order valence-corrected chi connectivity index (χ4v) is 6.89. The summed E-state index contributed by atoms with van der Waals surface area (Å²) in [7, 11) is 0. The molecule has 0 radical (unpaired) electrons. The lowest BCUT2D eigenvalue weighted by atomic mass is 10.0. The van der Waals surface area contributed by atoms with Gasteiger partial charge in [0.15, 0.2) is 0 Å². The zero-order chi connectivity index (χ0) is 35.0. The van der Waals surface area contributed by atoms with Gasteiger partial charge >= 0.3 is 0 Å².